The summed E-state index contributed by atoms with van der Waals surface area (Å²) in [4.78, 5) is 30.0. The first-order valence-electron chi connectivity index (χ1n) is 6.11. The standard InChI is InChI=1S/C15H10N4O2/c1-2-14(20)18-9-3-4-13-11(5-9)12(15(21)19-13)6-10-7-16-8-17-10/h1,3-8H,(H,16,17)(H,18,20)(H,19,21). The van der Waals surface area contributed by atoms with Crippen LogP contribution in [0.5, 0.6) is 0 Å². The minimum Gasteiger partial charge on any atom is -0.345 e. The minimum atomic E-state index is -0.536. The Morgan fingerprint density at radius 1 is 1.43 bits per heavy atom. The molecule has 2 amide bonds. The molecule has 2 aromatic rings. The summed E-state index contributed by atoms with van der Waals surface area (Å²) in [5.41, 5.74) is 3.12. The fraction of sp³-hybridized carbons (Fsp3) is 0. The quantitative estimate of drug-likeness (QED) is 0.574. The maximum atomic E-state index is 12.0. The first kappa shape index (κ1) is 12.7. The Balaban J connectivity index is 2.01. The number of rotatable bonds is 2. The van der Waals surface area contributed by atoms with Crippen molar-refractivity contribution in [3.63, 3.8) is 0 Å². The van der Waals surface area contributed by atoms with Crippen LogP contribution >= 0.6 is 0 Å². The van der Waals surface area contributed by atoms with E-state index in [1.807, 2.05) is 5.92 Å². The summed E-state index contributed by atoms with van der Waals surface area (Å²) < 4.78 is 0. The van der Waals surface area contributed by atoms with Crippen LogP contribution in [-0.2, 0) is 9.59 Å². The van der Waals surface area contributed by atoms with E-state index in [2.05, 4.69) is 20.6 Å². The highest BCUT2D eigenvalue weighted by Crippen LogP contribution is 2.34. The lowest BCUT2D eigenvalue weighted by atomic mass is 10.1. The van der Waals surface area contributed by atoms with Gasteiger partial charge in [-0.1, -0.05) is 0 Å². The zero-order valence-corrected chi connectivity index (χ0v) is 10.8. The van der Waals surface area contributed by atoms with Crippen molar-refractivity contribution in [3.8, 4) is 12.3 Å². The van der Waals surface area contributed by atoms with Gasteiger partial charge >= 0.3 is 0 Å². The van der Waals surface area contributed by atoms with Crippen LogP contribution in [0, 0.1) is 12.3 Å². The third kappa shape index (κ3) is 2.40. The number of hydrogen-bond donors (Lipinski definition) is 3. The molecular formula is C15H10N4O2. The average molecular weight is 278 g/mol. The van der Waals surface area contributed by atoms with Crippen LogP contribution < -0.4 is 10.6 Å². The van der Waals surface area contributed by atoms with Gasteiger partial charge in [-0.15, -0.1) is 6.42 Å². The monoisotopic (exact) mass is 278 g/mol. The Morgan fingerprint density at radius 2 is 2.29 bits per heavy atom. The molecule has 21 heavy (non-hydrogen) atoms. The highest BCUT2D eigenvalue weighted by atomic mass is 16.2. The van der Waals surface area contributed by atoms with Crippen molar-refractivity contribution in [2.45, 2.75) is 0 Å². The van der Waals surface area contributed by atoms with E-state index in [4.69, 9.17) is 6.42 Å². The van der Waals surface area contributed by atoms with Gasteiger partial charge in [-0.05, 0) is 30.2 Å². The summed E-state index contributed by atoms with van der Waals surface area (Å²) in [6.45, 7) is 0. The number of nitrogens with one attached hydrogen (secondary N) is 3. The number of amides is 2. The molecule has 1 aliphatic heterocycles. The van der Waals surface area contributed by atoms with Gasteiger partial charge in [0.25, 0.3) is 11.8 Å². The van der Waals surface area contributed by atoms with Gasteiger partial charge in [0.15, 0.2) is 0 Å². The topological polar surface area (TPSA) is 86.9 Å². The number of fused-ring (bicyclic) bond motifs is 1. The smallest absolute Gasteiger partial charge is 0.300 e. The SMILES string of the molecule is C#CC(=O)Nc1ccc2c(c1)C(=Cc1cnc[nH]1)C(=O)N2. The van der Waals surface area contributed by atoms with E-state index in [-0.39, 0.29) is 5.91 Å². The second-order valence-corrected chi connectivity index (χ2v) is 4.38. The van der Waals surface area contributed by atoms with Gasteiger partial charge in [0, 0.05) is 16.9 Å². The first-order chi connectivity index (χ1) is 10.2. The summed E-state index contributed by atoms with van der Waals surface area (Å²) in [7, 11) is 0. The van der Waals surface area contributed by atoms with Gasteiger partial charge in [-0.25, -0.2) is 4.98 Å². The van der Waals surface area contributed by atoms with E-state index in [0.717, 1.165) is 0 Å². The number of hydrogen-bond acceptors (Lipinski definition) is 3. The van der Waals surface area contributed by atoms with Gasteiger partial charge in [0.1, 0.15) is 0 Å². The maximum absolute atomic E-state index is 12.0. The van der Waals surface area contributed by atoms with Crippen LogP contribution in [0.4, 0.5) is 11.4 Å². The zero-order valence-electron chi connectivity index (χ0n) is 10.8. The Morgan fingerprint density at radius 3 is 3.00 bits per heavy atom. The molecule has 3 rings (SSSR count). The van der Waals surface area contributed by atoms with Crippen LogP contribution in [0.15, 0.2) is 30.7 Å². The highest BCUT2D eigenvalue weighted by Gasteiger charge is 2.24. The molecule has 6 heteroatoms. The first-order valence-corrected chi connectivity index (χ1v) is 6.11. The lowest BCUT2D eigenvalue weighted by molar-refractivity contribution is -0.111. The average Bonchev–Trinajstić information content (AvgIpc) is 3.08. The number of imidazole rings is 1. The van der Waals surface area contributed by atoms with Crippen molar-refractivity contribution in [2.24, 2.45) is 0 Å². The van der Waals surface area contributed by atoms with E-state index in [0.29, 0.717) is 28.2 Å². The number of H-pyrrole nitrogens is 1. The molecule has 0 unspecified atom stereocenters. The van der Waals surface area contributed by atoms with E-state index < -0.39 is 5.91 Å². The van der Waals surface area contributed by atoms with Crippen molar-refractivity contribution < 1.29 is 9.59 Å². The number of carbonyl (C=O) groups is 2. The number of benzene rings is 1. The predicted octanol–water partition coefficient (Wildman–Crippen LogP) is 1.47. The third-order valence-electron chi connectivity index (χ3n) is 3.01. The minimum absolute atomic E-state index is 0.208. The van der Waals surface area contributed by atoms with Crippen molar-refractivity contribution in [1.29, 1.82) is 0 Å². The molecule has 6 nitrogen and oxygen atoms in total. The number of anilines is 2. The lowest BCUT2D eigenvalue weighted by Crippen LogP contribution is -2.07. The van der Waals surface area contributed by atoms with Crippen molar-refractivity contribution in [1.82, 2.24) is 9.97 Å². The molecule has 1 aromatic heterocycles. The summed E-state index contributed by atoms with van der Waals surface area (Å²) >= 11 is 0. The molecule has 0 saturated carbocycles. The van der Waals surface area contributed by atoms with Crippen molar-refractivity contribution >= 4 is 34.8 Å². The second-order valence-electron chi connectivity index (χ2n) is 4.38. The van der Waals surface area contributed by atoms with Crippen LogP contribution in [-0.4, -0.2) is 21.8 Å². The summed E-state index contributed by atoms with van der Waals surface area (Å²) in [6.07, 6.45) is 9.86. The Bertz CT molecular complexity index is 798. The van der Waals surface area contributed by atoms with Gasteiger partial charge < -0.3 is 15.6 Å². The van der Waals surface area contributed by atoms with Crippen LogP contribution in [0.25, 0.3) is 11.6 Å². The van der Waals surface area contributed by atoms with Crippen molar-refractivity contribution in [2.75, 3.05) is 10.6 Å². The number of aromatic nitrogens is 2. The number of nitrogens with zero attached hydrogens (tertiary/aromatic N) is 1. The van der Waals surface area contributed by atoms with E-state index in [9.17, 15) is 9.59 Å². The fourth-order valence-corrected chi connectivity index (χ4v) is 2.08. The molecule has 0 spiro atoms. The van der Waals surface area contributed by atoms with Crippen LogP contribution in [0.1, 0.15) is 11.3 Å². The zero-order chi connectivity index (χ0) is 14.8. The number of carbonyl (C=O) groups excluding carboxylic acids is 2. The molecule has 0 atom stereocenters. The Hall–Kier alpha value is -3.33. The van der Waals surface area contributed by atoms with E-state index >= 15 is 0 Å². The molecular weight excluding hydrogens is 268 g/mol. The van der Waals surface area contributed by atoms with Crippen molar-refractivity contribution in [3.05, 3.63) is 42.0 Å². The second kappa shape index (κ2) is 4.98. The highest BCUT2D eigenvalue weighted by molar-refractivity contribution is 6.35. The lowest BCUT2D eigenvalue weighted by Gasteiger charge is -2.04. The Labute approximate surface area is 120 Å². The normalized spacial score (nSPS) is 14.4. The molecule has 1 aliphatic rings. The molecule has 2 heterocycles. The third-order valence-corrected chi connectivity index (χ3v) is 3.01. The molecule has 0 aliphatic carbocycles. The van der Waals surface area contributed by atoms with Crippen LogP contribution in [0.3, 0.4) is 0 Å². The van der Waals surface area contributed by atoms with Gasteiger partial charge in [-0.2, -0.15) is 0 Å². The van der Waals surface area contributed by atoms with Gasteiger partial charge in [0.2, 0.25) is 0 Å². The van der Waals surface area contributed by atoms with Gasteiger partial charge in [0.05, 0.1) is 23.8 Å². The summed E-state index contributed by atoms with van der Waals surface area (Å²) in [6, 6.07) is 5.09. The fourth-order valence-electron chi connectivity index (χ4n) is 2.08. The molecule has 0 bridgehead atoms. The maximum Gasteiger partial charge on any atom is 0.300 e. The van der Waals surface area contributed by atoms with Crippen LogP contribution in [0.2, 0.25) is 0 Å². The number of terminal acetylenes is 1. The summed E-state index contributed by atoms with van der Waals surface area (Å²) in [5.74, 6) is 1.23. The molecule has 3 N–H and O–H groups in total. The summed E-state index contributed by atoms with van der Waals surface area (Å²) in [5, 5.41) is 5.31. The molecule has 1 aromatic carbocycles. The molecule has 0 fully saturated rings. The van der Waals surface area contributed by atoms with E-state index in [1.165, 1.54) is 6.33 Å². The number of aromatic amines is 1. The molecule has 0 saturated heterocycles. The molecule has 102 valence electrons. The van der Waals surface area contributed by atoms with E-state index in [1.54, 1.807) is 30.5 Å². The Kier molecular flexibility index (Phi) is 3.01. The molecule has 0 radical (unpaired) electrons. The van der Waals surface area contributed by atoms with Gasteiger partial charge in [-0.3, -0.25) is 9.59 Å². The largest absolute Gasteiger partial charge is 0.345 e. The predicted molar refractivity (Wildman–Crippen MR) is 79.0 cm³/mol.